The molecule has 0 bridgehead atoms. The maximum absolute atomic E-state index is 11.7. The molecule has 1 fully saturated rings. The van der Waals surface area contributed by atoms with Crippen molar-refractivity contribution in [2.24, 2.45) is 5.16 Å². The average molecular weight is 244 g/mol. The van der Waals surface area contributed by atoms with Crippen LogP contribution in [0.4, 0.5) is 0 Å². The van der Waals surface area contributed by atoms with Crippen LogP contribution >= 0.6 is 11.8 Å². The normalized spacial score (nSPS) is 30.9. The van der Waals surface area contributed by atoms with Crippen molar-refractivity contribution in [2.45, 2.75) is 30.2 Å². The van der Waals surface area contributed by atoms with Gasteiger partial charge in [-0.25, -0.2) is 4.79 Å². The van der Waals surface area contributed by atoms with E-state index in [0.717, 1.165) is 6.21 Å². The van der Waals surface area contributed by atoms with E-state index in [9.17, 15) is 9.59 Å². The third kappa shape index (κ3) is 1.55. The number of rotatable bonds is 1. The van der Waals surface area contributed by atoms with Gasteiger partial charge in [0.2, 0.25) is 0 Å². The first-order valence-corrected chi connectivity index (χ1v) is 5.62. The number of oxime groups is 1. The highest BCUT2D eigenvalue weighted by atomic mass is 32.2. The standard InChI is InChI=1S/C9H12N2O4S/c1-9(2)6(7(13)14-3)11-5(12)4-10-15-8(11)16-9/h4,6,8H,1-3H3. The summed E-state index contributed by atoms with van der Waals surface area (Å²) in [6.07, 6.45) is 1.06. The molecule has 7 heteroatoms. The zero-order chi connectivity index (χ0) is 11.9. The number of nitrogens with zero attached hydrogens (tertiary/aromatic N) is 2. The van der Waals surface area contributed by atoms with Gasteiger partial charge in [-0.2, -0.15) is 0 Å². The summed E-state index contributed by atoms with van der Waals surface area (Å²) in [4.78, 5) is 29.8. The monoisotopic (exact) mass is 244 g/mol. The summed E-state index contributed by atoms with van der Waals surface area (Å²) in [6.45, 7) is 3.74. The number of hydrogen-bond donors (Lipinski definition) is 0. The number of fused-ring (bicyclic) bond motifs is 1. The lowest BCUT2D eigenvalue weighted by molar-refractivity contribution is -0.157. The molecule has 2 aliphatic heterocycles. The van der Waals surface area contributed by atoms with Gasteiger partial charge in [-0.05, 0) is 13.8 Å². The molecule has 0 spiro atoms. The summed E-state index contributed by atoms with van der Waals surface area (Å²) in [6, 6.07) is -0.647. The summed E-state index contributed by atoms with van der Waals surface area (Å²) >= 11 is 1.38. The maximum atomic E-state index is 11.7. The molecular formula is C9H12N2O4S. The number of ether oxygens (including phenoxy) is 1. The number of thioether (sulfide) groups is 1. The number of esters is 1. The summed E-state index contributed by atoms with van der Waals surface area (Å²) in [5.41, 5.74) is -0.545. The third-order valence-electron chi connectivity index (χ3n) is 2.56. The highest BCUT2D eigenvalue weighted by Crippen LogP contribution is 2.45. The van der Waals surface area contributed by atoms with E-state index < -0.39 is 22.3 Å². The zero-order valence-corrected chi connectivity index (χ0v) is 9.98. The zero-order valence-electron chi connectivity index (χ0n) is 9.17. The summed E-state index contributed by atoms with van der Waals surface area (Å²) in [5.74, 6) is -0.767. The van der Waals surface area contributed by atoms with Crippen LogP contribution in [0.2, 0.25) is 0 Å². The molecule has 16 heavy (non-hydrogen) atoms. The van der Waals surface area contributed by atoms with Gasteiger partial charge >= 0.3 is 5.97 Å². The maximum Gasteiger partial charge on any atom is 0.330 e. The number of amides is 1. The van der Waals surface area contributed by atoms with Crippen molar-refractivity contribution in [3.63, 3.8) is 0 Å². The van der Waals surface area contributed by atoms with Gasteiger partial charge in [0.15, 0.2) is 0 Å². The molecule has 0 aromatic rings. The first-order valence-electron chi connectivity index (χ1n) is 4.74. The summed E-state index contributed by atoms with van der Waals surface area (Å²) in [5, 5.41) is 3.50. The van der Waals surface area contributed by atoms with Gasteiger partial charge in [0.05, 0.1) is 7.11 Å². The van der Waals surface area contributed by atoms with Crippen molar-refractivity contribution in [1.29, 1.82) is 0 Å². The number of hydrogen-bond acceptors (Lipinski definition) is 6. The molecule has 2 heterocycles. The SMILES string of the molecule is COC(=O)C1N2C(=O)C=NOC2SC1(C)C. The highest BCUT2D eigenvalue weighted by Gasteiger charge is 2.56. The molecular weight excluding hydrogens is 232 g/mol. The molecule has 0 aliphatic carbocycles. The van der Waals surface area contributed by atoms with Gasteiger partial charge in [-0.15, -0.1) is 0 Å². The molecule has 6 nitrogen and oxygen atoms in total. The van der Waals surface area contributed by atoms with Gasteiger partial charge in [0.1, 0.15) is 12.3 Å². The Balaban J connectivity index is 2.35. The predicted octanol–water partition coefficient (Wildman–Crippen LogP) is 0.182. The van der Waals surface area contributed by atoms with Crippen LogP contribution in [-0.4, -0.2) is 46.4 Å². The Bertz CT molecular complexity index is 369. The molecule has 0 N–H and O–H groups in total. The van der Waals surface area contributed by atoms with E-state index in [-0.39, 0.29) is 5.91 Å². The molecule has 2 unspecified atom stereocenters. The van der Waals surface area contributed by atoms with Crippen LogP contribution in [0, 0.1) is 0 Å². The van der Waals surface area contributed by atoms with Gasteiger partial charge in [0.25, 0.3) is 11.5 Å². The van der Waals surface area contributed by atoms with Crippen molar-refractivity contribution < 1.29 is 19.2 Å². The van der Waals surface area contributed by atoms with Crippen molar-refractivity contribution in [3.8, 4) is 0 Å². The minimum absolute atomic E-state index is 0.329. The van der Waals surface area contributed by atoms with E-state index in [2.05, 4.69) is 5.16 Å². The Labute approximate surface area is 96.9 Å². The number of methoxy groups -OCH3 is 1. The first kappa shape index (κ1) is 11.3. The van der Waals surface area contributed by atoms with E-state index in [0.29, 0.717) is 0 Å². The lowest BCUT2D eigenvalue weighted by atomic mass is 10.0. The predicted molar refractivity (Wildman–Crippen MR) is 57.7 cm³/mol. The fourth-order valence-electron chi connectivity index (χ4n) is 1.84. The van der Waals surface area contributed by atoms with E-state index in [1.54, 1.807) is 0 Å². The van der Waals surface area contributed by atoms with Gasteiger partial charge in [0, 0.05) is 4.75 Å². The van der Waals surface area contributed by atoms with E-state index in [4.69, 9.17) is 9.57 Å². The Kier molecular flexibility index (Phi) is 2.57. The third-order valence-corrected chi connectivity index (χ3v) is 3.91. The molecule has 2 rings (SSSR count). The number of carbonyl (C=O) groups is 2. The highest BCUT2D eigenvalue weighted by molar-refractivity contribution is 8.01. The minimum atomic E-state index is -0.647. The minimum Gasteiger partial charge on any atom is -0.467 e. The van der Waals surface area contributed by atoms with Crippen LogP contribution in [0.15, 0.2) is 5.16 Å². The Morgan fingerprint density at radius 2 is 2.38 bits per heavy atom. The van der Waals surface area contributed by atoms with Crippen molar-refractivity contribution in [1.82, 2.24) is 4.90 Å². The van der Waals surface area contributed by atoms with Crippen LogP contribution < -0.4 is 0 Å². The molecule has 0 saturated carbocycles. The van der Waals surface area contributed by atoms with E-state index in [1.807, 2.05) is 13.8 Å². The topological polar surface area (TPSA) is 68.2 Å². The second kappa shape index (κ2) is 3.65. The van der Waals surface area contributed by atoms with Crippen molar-refractivity contribution >= 4 is 29.9 Å². The number of carbonyl (C=O) groups excluding carboxylic acids is 2. The van der Waals surface area contributed by atoms with Crippen molar-refractivity contribution in [2.75, 3.05) is 7.11 Å². The van der Waals surface area contributed by atoms with Crippen LogP contribution in [0.3, 0.4) is 0 Å². The summed E-state index contributed by atoms with van der Waals surface area (Å²) in [7, 11) is 1.31. The molecule has 2 aliphatic rings. The fraction of sp³-hybridized carbons (Fsp3) is 0.667. The van der Waals surface area contributed by atoms with Gasteiger partial charge < -0.3 is 9.57 Å². The van der Waals surface area contributed by atoms with Crippen LogP contribution in [0.25, 0.3) is 0 Å². The molecule has 1 saturated heterocycles. The quantitative estimate of drug-likeness (QED) is 0.615. The van der Waals surface area contributed by atoms with Crippen LogP contribution in [0.5, 0.6) is 0 Å². The van der Waals surface area contributed by atoms with E-state index >= 15 is 0 Å². The van der Waals surface area contributed by atoms with Crippen molar-refractivity contribution in [3.05, 3.63) is 0 Å². The molecule has 88 valence electrons. The molecule has 0 radical (unpaired) electrons. The van der Waals surface area contributed by atoms with E-state index in [1.165, 1.54) is 23.8 Å². The largest absolute Gasteiger partial charge is 0.467 e. The Morgan fingerprint density at radius 3 is 3.00 bits per heavy atom. The molecule has 2 atom stereocenters. The second-order valence-electron chi connectivity index (χ2n) is 4.04. The lowest BCUT2D eigenvalue weighted by Gasteiger charge is -2.29. The van der Waals surface area contributed by atoms with Crippen LogP contribution in [0.1, 0.15) is 13.8 Å². The molecule has 0 aromatic heterocycles. The molecule has 1 amide bonds. The summed E-state index contributed by atoms with van der Waals surface area (Å²) < 4.78 is 4.26. The van der Waals surface area contributed by atoms with Crippen LogP contribution in [-0.2, 0) is 19.2 Å². The fourth-order valence-corrected chi connectivity index (χ4v) is 3.13. The lowest BCUT2D eigenvalue weighted by Crippen LogP contribution is -2.52. The average Bonchev–Trinajstić information content (AvgIpc) is 2.49. The molecule has 0 aromatic carbocycles. The first-order chi connectivity index (χ1) is 7.47. The smallest absolute Gasteiger partial charge is 0.330 e. The van der Waals surface area contributed by atoms with Gasteiger partial charge in [-0.3, -0.25) is 9.69 Å². The Morgan fingerprint density at radius 1 is 1.69 bits per heavy atom. The van der Waals surface area contributed by atoms with Gasteiger partial charge in [-0.1, -0.05) is 16.9 Å². The Hall–Kier alpha value is -1.24. The second-order valence-corrected chi connectivity index (χ2v) is 5.73.